The number of rotatable bonds is 7. The highest BCUT2D eigenvalue weighted by Gasteiger charge is 2.22. The monoisotopic (exact) mass is 443 g/mol. The molecule has 0 bridgehead atoms. The van der Waals surface area contributed by atoms with Gasteiger partial charge in [0, 0.05) is 12.8 Å². The number of aromatic nitrogens is 2. The van der Waals surface area contributed by atoms with Gasteiger partial charge in [-0.3, -0.25) is 4.79 Å². The molecule has 1 unspecified atom stereocenters. The van der Waals surface area contributed by atoms with E-state index in [4.69, 9.17) is 4.52 Å². The van der Waals surface area contributed by atoms with Crippen LogP contribution in [-0.2, 0) is 33.2 Å². The summed E-state index contributed by atoms with van der Waals surface area (Å²) in [5.74, 6) is -0.909. The summed E-state index contributed by atoms with van der Waals surface area (Å²) < 4.78 is 42.9. The highest BCUT2D eigenvalue weighted by atomic mass is 32.2. The van der Waals surface area contributed by atoms with Crippen LogP contribution in [0.1, 0.15) is 48.1 Å². The van der Waals surface area contributed by atoms with E-state index in [0.29, 0.717) is 0 Å². The summed E-state index contributed by atoms with van der Waals surface area (Å²) >= 11 is 0. The predicted molar refractivity (Wildman–Crippen MR) is 110 cm³/mol. The molecule has 1 heterocycles. The molecule has 31 heavy (non-hydrogen) atoms. The smallest absolute Gasteiger partial charge is 0.227 e. The van der Waals surface area contributed by atoms with Gasteiger partial charge in [0.15, 0.2) is 15.7 Å². The molecule has 2 aromatic carbocycles. The van der Waals surface area contributed by atoms with Gasteiger partial charge in [0.05, 0.1) is 10.9 Å². The summed E-state index contributed by atoms with van der Waals surface area (Å²) in [4.78, 5) is 16.5. The van der Waals surface area contributed by atoms with Crippen LogP contribution in [0.3, 0.4) is 0 Å². The molecule has 1 N–H and O–H groups in total. The van der Waals surface area contributed by atoms with Gasteiger partial charge in [0.25, 0.3) is 0 Å². The molecule has 1 aliphatic rings. The fourth-order valence-electron chi connectivity index (χ4n) is 3.74. The Morgan fingerprint density at radius 1 is 1.16 bits per heavy atom. The number of benzene rings is 2. The molecule has 0 saturated heterocycles. The van der Waals surface area contributed by atoms with Crippen molar-refractivity contribution < 1.29 is 22.1 Å². The van der Waals surface area contributed by atoms with Gasteiger partial charge in [-0.15, -0.1) is 0 Å². The van der Waals surface area contributed by atoms with Crippen molar-refractivity contribution in [3.63, 3.8) is 0 Å². The second kappa shape index (κ2) is 8.97. The van der Waals surface area contributed by atoms with Crippen LogP contribution in [0.25, 0.3) is 0 Å². The zero-order valence-electron chi connectivity index (χ0n) is 16.8. The van der Waals surface area contributed by atoms with E-state index in [2.05, 4.69) is 21.5 Å². The van der Waals surface area contributed by atoms with Gasteiger partial charge in [-0.2, -0.15) is 4.98 Å². The fourth-order valence-corrected chi connectivity index (χ4v) is 4.91. The van der Waals surface area contributed by atoms with E-state index in [9.17, 15) is 17.6 Å². The highest BCUT2D eigenvalue weighted by Crippen LogP contribution is 2.29. The van der Waals surface area contributed by atoms with Crippen molar-refractivity contribution in [2.24, 2.45) is 0 Å². The number of hydrogen-bond acceptors (Lipinski definition) is 6. The summed E-state index contributed by atoms with van der Waals surface area (Å²) in [5, 5.41) is 6.76. The van der Waals surface area contributed by atoms with Crippen molar-refractivity contribution in [3.05, 3.63) is 77.2 Å². The number of amides is 1. The van der Waals surface area contributed by atoms with Crippen LogP contribution in [0.4, 0.5) is 4.39 Å². The molecule has 1 amide bonds. The molecule has 0 radical (unpaired) electrons. The predicted octanol–water partition coefficient (Wildman–Crippen LogP) is 3.31. The van der Waals surface area contributed by atoms with Gasteiger partial charge < -0.3 is 9.84 Å². The maximum atomic E-state index is 13.0. The Bertz CT molecular complexity index is 1180. The molecule has 1 atom stereocenters. The first-order valence-corrected chi connectivity index (χ1v) is 11.7. The van der Waals surface area contributed by atoms with Gasteiger partial charge in [0.2, 0.25) is 11.8 Å². The van der Waals surface area contributed by atoms with Crippen LogP contribution in [0.2, 0.25) is 0 Å². The first kappa shape index (κ1) is 21.2. The third-order valence-electron chi connectivity index (χ3n) is 5.27. The zero-order valence-corrected chi connectivity index (χ0v) is 17.6. The normalized spacial score (nSPS) is 16.0. The van der Waals surface area contributed by atoms with E-state index in [1.165, 1.54) is 17.7 Å². The Kier molecular flexibility index (Phi) is 6.13. The Morgan fingerprint density at radius 3 is 2.74 bits per heavy atom. The third kappa shape index (κ3) is 5.16. The van der Waals surface area contributed by atoms with Crippen molar-refractivity contribution in [1.82, 2.24) is 15.5 Å². The van der Waals surface area contributed by atoms with Crippen molar-refractivity contribution >= 4 is 15.7 Å². The van der Waals surface area contributed by atoms with E-state index in [0.717, 1.165) is 37.0 Å². The van der Waals surface area contributed by atoms with E-state index in [1.54, 1.807) is 0 Å². The van der Waals surface area contributed by atoms with Gasteiger partial charge in [0.1, 0.15) is 11.6 Å². The lowest BCUT2D eigenvalue weighted by atomic mass is 9.87. The number of nitrogens with one attached hydrogen (secondary N) is 1. The Labute approximate surface area is 179 Å². The maximum Gasteiger partial charge on any atom is 0.227 e. The van der Waals surface area contributed by atoms with Crippen molar-refractivity contribution in [3.8, 4) is 0 Å². The second-order valence-electron chi connectivity index (χ2n) is 7.53. The number of sulfone groups is 1. The van der Waals surface area contributed by atoms with Crippen molar-refractivity contribution in [2.45, 2.75) is 48.8 Å². The van der Waals surface area contributed by atoms with Crippen LogP contribution in [0.5, 0.6) is 0 Å². The molecule has 0 fully saturated rings. The minimum atomic E-state index is -3.73. The van der Waals surface area contributed by atoms with Crippen molar-refractivity contribution in [2.75, 3.05) is 0 Å². The van der Waals surface area contributed by atoms with Crippen LogP contribution in [0, 0.1) is 5.82 Å². The number of carbonyl (C=O) groups is 1. The first-order chi connectivity index (χ1) is 14.9. The topological polar surface area (TPSA) is 102 Å². The molecule has 0 aliphatic heterocycles. The molecule has 162 valence electrons. The lowest BCUT2D eigenvalue weighted by molar-refractivity contribution is -0.122. The number of halogens is 1. The Balaban J connectivity index is 1.32. The number of aryl methyl sites for hydroxylation is 2. The standard InChI is InChI=1S/C22H22FN3O4S/c23-16-8-10-17(11-9-16)31(28,29)14-20-25-22(30-26-20)13-12-21(27)24-19-7-3-5-15-4-1-2-6-18(15)19/h1-2,4,6,8-11,19H,3,5,7,12-14H2,(H,24,27). The number of carbonyl (C=O) groups excluding carboxylic acids is 1. The zero-order chi connectivity index (χ0) is 21.8. The quantitative estimate of drug-likeness (QED) is 0.562. The van der Waals surface area contributed by atoms with Gasteiger partial charge in [-0.1, -0.05) is 29.4 Å². The molecule has 3 aromatic rings. The number of hydrogen-bond donors (Lipinski definition) is 1. The van der Waals surface area contributed by atoms with Crippen LogP contribution in [-0.4, -0.2) is 24.5 Å². The summed E-state index contributed by atoms with van der Waals surface area (Å²) in [6.07, 6.45) is 3.31. The molecular weight excluding hydrogens is 421 g/mol. The Morgan fingerprint density at radius 2 is 1.94 bits per heavy atom. The van der Waals surface area contributed by atoms with Crippen molar-refractivity contribution in [1.29, 1.82) is 0 Å². The van der Waals surface area contributed by atoms with Gasteiger partial charge >= 0.3 is 0 Å². The van der Waals surface area contributed by atoms with Crippen LogP contribution >= 0.6 is 0 Å². The SMILES string of the molecule is O=C(CCc1nc(CS(=O)(=O)c2ccc(F)cc2)no1)NC1CCCc2ccccc21. The van der Waals surface area contributed by atoms with Gasteiger partial charge in [-0.25, -0.2) is 12.8 Å². The molecule has 0 saturated carbocycles. The summed E-state index contributed by atoms with van der Waals surface area (Å²) in [5.41, 5.74) is 2.43. The lowest BCUT2D eigenvalue weighted by Gasteiger charge is -2.26. The number of fused-ring (bicyclic) bond motifs is 1. The molecule has 0 spiro atoms. The molecular formula is C22H22FN3O4S. The van der Waals surface area contributed by atoms with Crippen LogP contribution in [0.15, 0.2) is 57.9 Å². The maximum absolute atomic E-state index is 13.0. The van der Waals surface area contributed by atoms with E-state index in [1.807, 2.05) is 18.2 Å². The first-order valence-electron chi connectivity index (χ1n) is 10.1. The lowest BCUT2D eigenvalue weighted by Crippen LogP contribution is -2.31. The van der Waals surface area contributed by atoms with E-state index >= 15 is 0 Å². The molecule has 1 aromatic heterocycles. The Hall–Kier alpha value is -3.07. The van der Waals surface area contributed by atoms with E-state index in [-0.39, 0.29) is 41.4 Å². The summed E-state index contributed by atoms with van der Waals surface area (Å²) in [6, 6.07) is 12.7. The molecule has 4 rings (SSSR count). The van der Waals surface area contributed by atoms with Crippen LogP contribution < -0.4 is 5.32 Å². The third-order valence-corrected chi connectivity index (χ3v) is 6.90. The average molecular weight is 444 g/mol. The largest absolute Gasteiger partial charge is 0.349 e. The molecule has 9 heteroatoms. The average Bonchev–Trinajstić information content (AvgIpc) is 3.19. The summed E-state index contributed by atoms with van der Waals surface area (Å²) in [7, 11) is -3.73. The second-order valence-corrected chi connectivity index (χ2v) is 9.52. The van der Waals surface area contributed by atoms with E-state index < -0.39 is 21.4 Å². The fraction of sp³-hybridized carbons (Fsp3) is 0.318. The minimum Gasteiger partial charge on any atom is -0.349 e. The minimum absolute atomic E-state index is 0.000871. The number of nitrogens with zero attached hydrogens (tertiary/aromatic N) is 2. The summed E-state index contributed by atoms with van der Waals surface area (Å²) in [6.45, 7) is 0. The highest BCUT2D eigenvalue weighted by molar-refractivity contribution is 7.90. The van der Waals surface area contributed by atoms with Gasteiger partial charge in [-0.05, 0) is 54.7 Å². The molecule has 1 aliphatic carbocycles. The molecule has 7 nitrogen and oxygen atoms in total.